The Balaban J connectivity index is 2.11. The van der Waals surface area contributed by atoms with Crippen molar-refractivity contribution in [2.75, 3.05) is 32.1 Å². The molecule has 1 atom stereocenters. The van der Waals surface area contributed by atoms with E-state index in [2.05, 4.69) is 20.2 Å². The van der Waals surface area contributed by atoms with E-state index in [1.807, 2.05) is 7.05 Å². The van der Waals surface area contributed by atoms with E-state index in [4.69, 9.17) is 4.74 Å². The van der Waals surface area contributed by atoms with E-state index in [0.29, 0.717) is 11.9 Å². The molecule has 5 heteroatoms. The number of anilines is 1. The van der Waals surface area contributed by atoms with Gasteiger partial charge in [0, 0.05) is 24.8 Å². The van der Waals surface area contributed by atoms with Crippen LogP contribution in [0.15, 0.2) is 12.3 Å². The molecule has 0 saturated carbocycles. The van der Waals surface area contributed by atoms with Gasteiger partial charge in [0.15, 0.2) is 0 Å². The highest BCUT2D eigenvalue weighted by molar-refractivity contribution is 5.34. The van der Waals surface area contributed by atoms with Crippen molar-refractivity contribution < 1.29 is 4.74 Å². The first-order chi connectivity index (χ1) is 8.85. The van der Waals surface area contributed by atoms with Gasteiger partial charge in [-0.1, -0.05) is 0 Å². The molecule has 2 rings (SSSR count). The normalized spacial score (nSPS) is 19.9. The summed E-state index contributed by atoms with van der Waals surface area (Å²) in [4.78, 5) is 11.2. The van der Waals surface area contributed by atoms with Gasteiger partial charge in [0.25, 0.3) is 0 Å². The zero-order valence-electron chi connectivity index (χ0n) is 11.2. The van der Waals surface area contributed by atoms with Gasteiger partial charge in [0.2, 0.25) is 11.8 Å². The van der Waals surface area contributed by atoms with E-state index in [0.717, 1.165) is 25.5 Å². The molecule has 0 amide bonds. The van der Waals surface area contributed by atoms with Gasteiger partial charge < -0.3 is 15.0 Å². The molecule has 1 saturated heterocycles. The third-order valence-electron chi connectivity index (χ3n) is 3.44. The lowest BCUT2D eigenvalue weighted by Crippen LogP contribution is -2.42. The fourth-order valence-corrected chi connectivity index (χ4v) is 2.46. The number of nitrogens with zero attached hydrogens (tertiary/aromatic N) is 3. The zero-order valence-corrected chi connectivity index (χ0v) is 11.2. The highest BCUT2D eigenvalue weighted by Gasteiger charge is 2.24. The van der Waals surface area contributed by atoms with Crippen LogP contribution in [0.4, 0.5) is 5.95 Å². The van der Waals surface area contributed by atoms with Crippen molar-refractivity contribution in [1.82, 2.24) is 15.3 Å². The van der Waals surface area contributed by atoms with Crippen LogP contribution in [0.3, 0.4) is 0 Å². The van der Waals surface area contributed by atoms with Gasteiger partial charge in [-0.05, 0) is 39.3 Å². The first kappa shape index (κ1) is 13.1. The van der Waals surface area contributed by atoms with Crippen LogP contribution >= 0.6 is 0 Å². The predicted molar refractivity (Wildman–Crippen MR) is 72.1 cm³/mol. The molecule has 1 aromatic heterocycles. The average molecular weight is 250 g/mol. The van der Waals surface area contributed by atoms with E-state index < -0.39 is 0 Å². The molecule has 0 aromatic carbocycles. The molecular weight excluding hydrogens is 228 g/mol. The largest absolute Gasteiger partial charge is 0.481 e. The lowest BCUT2D eigenvalue weighted by molar-refractivity contribution is 0.391. The van der Waals surface area contributed by atoms with Crippen LogP contribution in [-0.2, 0) is 0 Å². The van der Waals surface area contributed by atoms with Crippen molar-refractivity contribution in [2.24, 2.45) is 0 Å². The summed E-state index contributed by atoms with van der Waals surface area (Å²) in [6.07, 6.45) is 6.65. The van der Waals surface area contributed by atoms with Crippen molar-refractivity contribution in [1.29, 1.82) is 0 Å². The Morgan fingerprint density at radius 1 is 1.50 bits per heavy atom. The molecule has 1 aromatic rings. The number of hydrogen-bond donors (Lipinski definition) is 1. The van der Waals surface area contributed by atoms with Crippen LogP contribution in [0.2, 0.25) is 0 Å². The van der Waals surface area contributed by atoms with E-state index in [-0.39, 0.29) is 0 Å². The van der Waals surface area contributed by atoms with Gasteiger partial charge in [0.1, 0.15) is 0 Å². The van der Waals surface area contributed by atoms with Gasteiger partial charge in [-0.15, -0.1) is 0 Å². The maximum absolute atomic E-state index is 5.17. The van der Waals surface area contributed by atoms with E-state index >= 15 is 0 Å². The minimum absolute atomic E-state index is 0.540. The number of piperidine rings is 1. The Bertz CT molecular complexity index is 372. The topological polar surface area (TPSA) is 50.3 Å². The third kappa shape index (κ3) is 3.10. The first-order valence-corrected chi connectivity index (χ1v) is 6.63. The van der Waals surface area contributed by atoms with E-state index in [1.54, 1.807) is 19.4 Å². The highest BCUT2D eigenvalue weighted by Crippen LogP contribution is 2.24. The van der Waals surface area contributed by atoms with Gasteiger partial charge in [0.05, 0.1) is 7.11 Å². The molecule has 2 heterocycles. The Kier molecular flexibility index (Phi) is 4.75. The van der Waals surface area contributed by atoms with Crippen molar-refractivity contribution in [3.8, 4) is 5.88 Å². The van der Waals surface area contributed by atoms with Crippen molar-refractivity contribution in [2.45, 2.75) is 31.7 Å². The van der Waals surface area contributed by atoms with E-state index in [1.165, 1.54) is 19.3 Å². The number of nitrogens with one attached hydrogen (secondary N) is 1. The Labute approximate surface area is 109 Å². The van der Waals surface area contributed by atoms with Crippen LogP contribution in [0.25, 0.3) is 0 Å². The number of aromatic nitrogens is 2. The Morgan fingerprint density at radius 3 is 3.17 bits per heavy atom. The smallest absolute Gasteiger partial charge is 0.228 e. The molecular formula is C13H22N4O. The molecule has 1 fully saturated rings. The van der Waals surface area contributed by atoms with E-state index in [9.17, 15) is 0 Å². The molecule has 100 valence electrons. The molecule has 1 aliphatic heterocycles. The summed E-state index contributed by atoms with van der Waals surface area (Å²) in [7, 11) is 3.63. The molecule has 1 aliphatic rings. The summed E-state index contributed by atoms with van der Waals surface area (Å²) < 4.78 is 5.17. The molecule has 18 heavy (non-hydrogen) atoms. The monoisotopic (exact) mass is 250 g/mol. The second-order valence-corrected chi connectivity index (χ2v) is 4.63. The lowest BCUT2D eigenvalue weighted by Gasteiger charge is -2.35. The van der Waals surface area contributed by atoms with Gasteiger partial charge in [-0.25, -0.2) is 4.98 Å². The number of ether oxygens (including phenoxy) is 1. The summed E-state index contributed by atoms with van der Waals surface area (Å²) in [6.45, 7) is 2.08. The molecule has 1 unspecified atom stereocenters. The van der Waals surface area contributed by atoms with Crippen molar-refractivity contribution in [3.63, 3.8) is 0 Å². The second kappa shape index (κ2) is 6.54. The van der Waals surface area contributed by atoms with Crippen molar-refractivity contribution >= 4 is 5.95 Å². The lowest BCUT2D eigenvalue weighted by atomic mass is 10.00. The highest BCUT2D eigenvalue weighted by atomic mass is 16.5. The van der Waals surface area contributed by atoms with Gasteiger partial charge >= 0.3 is 0 Å². The minimum atomic E-state index is 0.540. The predicted octanol–water partition coefficient (Wildman–Crippen LogP) is 1.45. The van der Waals surface area contributed by atoms with Gasteiger partial charge in [-0.3, -0.25) is 0 Å². The molecule has 1 N–H and O–H groups in total. The maximum Gasteiger partial charge on any atom is 0.228 e. The fraction of sp³-hybridized carbons (Fsp3) is 0.692. The Hall–Kier alpha value is -1.36. The SMILES string of the molecule is CNCCC1CCCCN1c1nccc(OC)n1. The molecule has 0 spiro atoms. The van der Waals surface area contributed by atoms with Crippen LogP contribution in [-0.4, -0.2) is 43.3 Å². The average Bonchev–Trinajstić information content (AvgIpc) is 2.45. The summed E-state index contributed by atoms with van der Waals surface area (Å²) in [5.74, 6) is 1.44. The quantitative estimate of drug-likeness (QED) is 0.857. The summed E-state index contributed by atoms with van der Waals surface area (Å²) in [5.41, 5.74) is 0. The van der Waals surface area contributed by atoms with Crippen LogP contribution in [0.1, 0.15) is 25.7 Å². The molecule has 5 nitrogen and oxygen atoms in total. The number of methoxy groups -OCH3 is 1. The molecule has 0 bridgehead atoms. The zero-order chi connectivity index (χ0) is 12.8. The summed E-state index contributed by atoms with van der Waals surface area (Å²) in [5, 5.41) is 3.22. The van der Waals surface area contributed by atoms with Gasteiger partial charge in [-0.2, -0.15) is 4.98 Å². The Morgan fingerprint density at radius 2 is 2.39 bits per heavy atom. The van der Waals surface area contributed by atoms with Crippen molar-refractivity contribution in [3.05, 3.63) is 12.3 Å². The molecule has 0 aliphatic carbocycles. The maximum atomic E-state index is 5.17. The second-order valence-electron chi connectivity index (χ2n) is 4.63. The van der Waals surface area contributed by atoms with Crippen LogP contribution < -0.4 is 15.0 Å². The standard InChI is InChI=1S/C13H22N4O/c1-14-8-6-11-5-3-4-10-17(11)13-15-9-7-12(16-13)18-2/h7,9,11,14H,3-6,8,10H2,1-2H3. The third-order valence-corrected chi connectivity index (χ3v) is 3.44. The summed E-state index contributed by atoms with van der Waals surface area (Å²) in [6, 6.07) is 2.33. The number of hydrogen-bond acceptors (Lipinski definition) is 5. The molecule has 0 radical (unpaired) electrons. The first-order valence-electron chi connectivity index (χ1n) is 6.63. The summed E-state index contributed by atoms with van der Waals surface area (Å²) >= 11 is 0. The number of rotatable bonds is 5. The van der Waals surface area contributed by atoms with Crippen LogP contribution in [0.5, 0.6) is 5.88 Å². The van der Waals surface area contributed by atoms with Crippen LogP contribution in [0, 0.1) is 0 Å². The fourth-order valence-electron chi connectivity index (χ4n) is 2.46. The minimum Gasteiger partial charge on any atom is -0.481 e.